The summed E-state index contributed by atoms with van der Waals surface area (Å²) in [6.45, 7) is 13.7. The van der Waals surface area contributed by atoms with E-state index in [0.29, 0.717) is 32.3 Å². The zero-order chi connectivity index (χ0) is 17.4. The molecular weight excluding hydrogens is 300 g/mol. The third-order valence-corrected chi connectivity index (χ3v) is 4.25. The Morgan fingerprint density at radius 2 is 1.73 bits per heavy atom. The monoisotopic (exact) mass is 334 g/mol. The molecule has 132 valence electrons. The van der Waals surface area contributed by atoms with Crippen LogP contribution in [0, 0.1) is 5.92 Å². The predicted octanol–water partition coefficient (Wildman–Crippen LogP) is 2.00. The molecular formula is C16H34N2O3S. The molecule has 3 N–H and O–H groups in total. The van der Waals surface area contributed by atoms with Gasteiger partial charge in [0.1, 0.15) is 4.75 Å². The van der Waals surface area contributed by atoms with E-state index in [1.165, 1.54) is 0 Å². The van der Waals surface area contributed by atoms with Crippen LogP contribution in [0.2, 0.25) is 0 Å². The molecule has 2 atom stereocenters. The highest BCUT2D eigenvalue weighted by atomic mass is 32.1. The van der Waals surface area contributed by atoms with Crippen molar-refractivity contribution in [2.24, 2.45) is 11.7 Å². The third kappa shape index (κ3) is 7.81. The standard InChI is InChI=1S/C16H34N2O3S/c1-7-8-20-10-13(11-21-9-12(2)3)18-14(19)16(6,22)15(4,5)17/h12-13,22H,7-11,17H2,1-6H3,(H,18,19). The Morgan fingerprint density at radius 3 is 2.18 bits per heavy atom. The fourth-order valence-electron chi connectivity index (χ4n) is 1.57. The maximum absolute atomic E-state index is 12.5. The first-order valence-corrected chi connectivity index (χ1v) is 8.44. The van der Waals surface area contributed by atoms with Gasteiger partial charge in [0.2, 0.25) is 5.91 Å². The van der Waals surface area contributed by atoms with Gasteiger partial charge in [-0.1, -0.05) is 20.8 Å². The van der Waals surface area contributed by atoms with Gasteiger partial charge in [0, 0.05) is 18.8 Å². The Morgan fingerprint density at radius 1 is 1.18 bits per heavy atom. The third-order valence-electron chi connectivity index (χ3n) is 3.47. The highest BCUT2D eigenvalue weighted by molar-refractivity contribution is 7.82. The van der Waals surface area contributed by atoms with Gasteiger partial charge in [-0.25, -0.2) is 0 Å². The van der Waals surface area contributed by atoms with Gasteiger partial charge in [-0.2, -0.15) is 12.6 Å². The summed E-state index contributed by atoms with van der Waals surface area (Å²) >= 11 is 4.45. The van der Waals surface area contributed by atoms with E-state index in [9.17, 15) is 4.79 Å². The number of nitrogens with one attached hydrogen (secondary N) is 1. The molecule has 0 aromatic carbocycles. The molecule has 0 radical (unpaired) electrons. The second-order valence-electron chi connectivity index (χ2n) is 6.97. The van der Waals surface area contributed by atoms with Crippen molar-refractivity contribution < 1.29 is 14.3 Å². The van der Waals surface area contributed by atoms with E-state index < -0.39 is 10.3 Å². The molecule has 0 aromatic rings. The molecule has 0 fully saturated rings. The van der Waals surface area contributed by atoms with Crippen molar-refractivity contribution in [3.8, 4) is 0 Å². The lowest BCUT2D eigenvalue weighted by atomic mass is 9.88. The highest BCUT2D eigenvalue weighted by Crippen LogP contribution is 2.26. The van der Waals surface area contributed by atoms with Crippen LogP contribution >= 0.6 is 12.6 Å². The molecule has 5 nitrogen and oxygen atoms in total. The SMILES string of the molecule is CCCOCC(COCC(C)C)NC(=O)C(C)(S)C(C)(C)N. The topological polar surface area (TPSA) is 73.6 Å². The van der Waals surface area contributed by atoms with Gasteiger partial charge >= 0.3 is 0 Å². The quantitative estimate of drug-likeness (QED) is 0.399. The molecule has 22 heavy (non-hydrogen) atoms. The van der Waals surface area contributed by atoms with Crippen molar-refractivity contribution in [2.45, 2.75) is 64.3 Å². The molecule has 6 heteroatoms. The molecule has 0 spiro atoms. The predicted molar refractivity (Wildman–Crippen MR) is 94.4 cm³/mol. The zero-order valence-corrected chi connectivity index (χ0v) is 15.8. The molecule has 0 saturated carbocycles. The fourth-order valence-corrected chi connectivity index (χ4v) is 1.63. The van der Waals surface area contributed by atoms with Crippen molar-refractivity contribution >= 4 is 18.5 Å². The van der Waals surface area contributed by atoms with E-state index in [0.717, 1.165) is 6.42 Å². The average molecular weight is 335 g/mol. The number of ether oxygens (including phenoxy) is 2. The summed E-state index contributed by atoms with van der Waals surface area (Å²) in [5, 5.41) is 2.95. The largest absolute Gasteiger partial charge is 0.379 e. The minimum Gasteiger partial charge on any atom is -0.379 e. The maximum atomic E-state index is 12.5. The van der Waals surface area contributed by atoms with Gasteiger partial charge < -0.3 is 20.5 Å². The second kappa shape index (κ2) is 9.75. The Kier molecular flexibility index (Phi) is 9.62. The first-order chi connectivity index (χ1) is 10.0. The lowest BCUT2D eigenvalue weighted by Gasteiger charge is -2.37. The number of amides is 1. The summed E-state index contributed by atoms with van der Waals surface area (Å²) in [6.07, 6.45) is 0.938. The fraction of sp³-hybridized carbons (Fsp3) is 0.938. The van der Waals surface area contributed by atoms with E-state index in [1.807, 2.05) is 6.92 Å². The summed E-state index contributed by atoms with van der Waals surface area (Å²) in [7, 11) is 0. The van der Waals surface area contributed by atoms with Crippen LogP contribution in [0.1, 0.15) is 48.0 Å². The van der Waals surface area contributed by atoms with Crippen LogP contribution in [0.5, 0.6) is 0 Å². The number of rotatable bonds is 11. The first kappa shape index (κ1) is 21.7. The Hall–Kier alpha value is -0.300. The number of hydrogen-bond acceptors (Lipinski definition) is 5. The van der Waals surface area contributed by atoms with Gasteiger partial charge in [-0.15, -0.1) is 0 Å². The number of carbonyl (C=O) groups excluding carboxylic acids is 1. The van der Waals surface area contributed by atoms with Crippen molar-refractivity contribution in [1.82, 2.24) is 5.32 Å². The number of carbonyl (C=O) groups is 1. The van der Waals surface area contributed by atoms with Crippen LogP contribution in [0.25, 0.3) is 0 Å². The van der Waals surface area contributed by atoms with E-state index in [-0.39, 0.29) is 11.9 Å². The van der Waals surface area contributed by atoms with Crippen molar-refractivity contribution in [1.29, 1.82) is 0 Å². The van der Waals surface area contributed by atoms with Gasteiger partial charge in [0.05, 0.1) is 19.3 Å². The number of thiol groups is 1. The summed E-state index contributed by atoms with van der Waals surface area (Å²) in [5.41, 5.74) is 5.31. The molecule has 0 aliphatic rings. The van der Waals surface area contributed by atoms with Gasteiger partial charge in [-0.3, -0.25) is 4.79 Å². The van der Waals surface area contributed by atoms with Gasteiger partial charge in [-0.05, 0) is 33.1 Å². The minimum absolute atomic E-state index is 0.202. The molecule has 0 saturated heterocycles. The van der Waals surface area contributed by atoms with Gasteiger partial charge in [0.25, 0.3) is 0 Å². The Balaban J connectivity index is 4.63. The molecule has 0 aliphatic heterocycles. The second-order valence-corrected chi connectivity index (χ2v) is 7.86. The minimum atomic E-state index is -0.978. The summed E-state index contributed by atoms with van der Waals surface area (Å²) in [4.78, 5) is 12.5. The van der Waals surface area contributed by atoms with Crippen molar-refractivity contribution in [2.75, 3.05) is 26.4 Å². The Labute approximate surface area is 141 Å². The lowest BCUT2D eigenvalue weighted by Crippen LogP contribution is -2.61. The van der Waals surface area contributed by atoms with E-state index in [1.54, 1.807) is 20.8 Å². The Bertz CT molecular complexity index is 328. The van der Waals surface area contributed by atoms with Crippen LogP contribution in [-0.4, -0.2) is 48.7 Å². The van der Waals surface area contributed by atoms with Crippen LogP contribution in [0.3, 0.4) is 0 Å². The summed E-state index contributed by atoms with van der Waals surface area (Å²) in [6, 6.07) is -0.202. The van der Waals surface area contributed by atoms with Gasteiger partial charge in [0.15, 0.2) is 0 Å². The molecule has 0 heterocycles. The lowest BCUT2D eigenvalue weighted by molar-refractivity contribution is -0.126. The molecule has 0 bridgehead atoms. The van der Waals surface area contributed by atoms with E-state index in [2.05, 4.69) is 31.8 Å². The van der Waals surface area contributed by atoms with Crippen molar-refractivity contribution in [3.05, 3.63) is 0 Å². The molecule has 0 aromatic heterocycles. The summed E-state index contributed by atoms with van der Waals surface area (Å²) < 4.78 is 10.2. The zero-order valence-electron chi connectivity index (χ0n) is 14.9. The average Bonchev–Trinajstić information content (AvgIpc) is 2.36. The van der Waals surface area contributed by atoms with Crippen molar-refractivity contribution in [3.63, 3.8) is 0 Å². The normalized spacial score (nSPS) is 16.4. The molecule has 2 unspecified atom stereocenters. The number of hydrogen-bond donors (Lipinski definition) is 3. The first-order valence-electron chi connectivity index (χ1n) is 8.00. The van der Waals surface area contributed by atoms with Crippen LogP contribution in [-0.2, 0) is 14.3 Å². The van der Waals surface area contributed by atoms with Crippen LogP contribution in [0.15, 0.2) is 0 Å². The molecule has 0 rings (SSSR count). The van der Waals surface area contributed by atoms with E-state index in [4.69, 9.17) is 15.2 Å². The molecule has 0 aliphatic carbocycles. The smallest absolute Gasteiger partial charge is 0.237 e. The number of nitrogens with two attached hydrogens (primary N) is 1. The summed E-state index contributed by atoms with van der Waals surface area (Å²) in [5.74, 6) is 0.243. The highest BCUT2D eigenvalue weighted by Gasteiger charge is 2.42. The van der Waals surface area contributed by atoms with E-state index >= 15 is 0 Å². The van der Waals surface area contributed by atoms with Crippen LogP contribution < -0.4 is 11.1 Å². The van der Waals surface area contributed by atoms with Crippen LogP contribution in [0.4, 0.5) is 0 Å². The maximum Gasteiger partial charge on any atom is 0.237 e. The molecule has 1 amide bonds.